The summed E-state index contributed by atoms with van der Waals surface area (Å²) in [6, 6.07) is 16.4. The molecule has 1 aliphatic rings. The van der Waals surface area contributed by atoms with Gasteiger partial charge >= 0.3 is 19.8 Å². The van der Waals surface area contributed by atoms with Gasteiger partial charge in [-0.2, -0.15) is 19.4 Å². The average molecular weight is 863 g/mol. The molecule has 0 amide bonds. The molecule has 4 N–H and O–H groups in total. The number of imidazole rings is 1. The number of fused-ring (bicyclic) bond motifs is 1. The van der Waals surface area contributed by atoms with E-state index in [-0.39, 0.29) is 42.2 Å². The molecule has 1 aliphatic heterocycles. The van der Waals surface area contributed by atoms with Crippen LogP contribution in [0, 0.1) is 18.4 Å². The summed E-state index contributed by atoms with van der Waals surface area (Å²) < 4.78 is 54.1. The lowest BCUT2D eigenvalue weighted by Gasteiger charge is -2.30. The number of para-hydroxylation sites is 1. The molecule has 5 atom stereocenters. The summed E-state index contributed by atoms with van der Waals surface area (Å²) >= 11 is 0. The lowest BCUT2D eigenvalue weighted by molar-refractivity contribution is -0.146. The van der Waals surface area contributed by atoms with E-state index in [1.54, 1.807) is 30.3 Å². The predicted molar refractivity (Wildman–Crippen MR) is 235 cm³/mol. The van der Waals surface area contributed by atoms with Crippen LogP contribution >= 0.6 is 7.75 Å². The van der Waals surface area contributed by atoms with Gasteiger partial charge in [-0.05, 0) is 30.5 Å². The Bertz CT molecular complexity index is 2000. The number of terminal acetylenes is 1. The number of halogens is 1. The number of aliphatic hydroxyl groups is 1. The van der Waals surface area contributed by atoms with Crippen molar-refractivity contribution in [1.29, 1.82) is 0 Å². The van der Waals surface area contributed by atoms with Crippen molar-refractivity contribution in [3.63, 3.8) is 0 Å². The molecule has 1 saturated heterocycles. The standard InChI is InChI=1S/C46H64FN6O7P/c1-3-5-6-7-8-9-10-11-12-13-14-15-16-17-18-19-26-31-57-44(55)38(32-36-27-22-20-23-28-36)52-61(56,60-37-29-24-21-25-30-37)58-34-46(4-2)39(54)33-40(59-46)53-35-49-41-42(48)50-45(47)51-43(41)53/h2,20-25,27-30,35,38-40,54H,3,5-19,26,31-34H2,1H3,(H,52,56)(H2,48,50,51)/t38-,39-,40+,46+,61-/m0/s1. The molecule has 0 spiro atoms. The first-order valence-corrected chi connectivity index (χ1v) is 23.7. The van der Waals surface area contributed by atoms with E-state index < -0.39 is 50.4 Å². The second-order valence-electron chi connectivity index (χ2n) is 15.9. The molecule has 332 valence electrons. The van der Waals surface area contributed by atoms with Gasteiger partial charge in [-0.3, -0.25) is 13.9 Å². The number of nitrogen functional groups attached to an aromatic ring is 1. The monoisotopic (exact) mass is 862 g/mol. The largest absolute Gasteiger partial charge is 0.465 e. The fourth-order valence-corrected chi connectivity index (χ4v) is 9.08. The minimum Gasteiger partial charge on any atom is -0.465 e. The SMILES string of the molecule is C#C[C@]1(CO[P@@](=O)(N[C@@H](Cc2ccccc2)C(=O)OCCCCCCCCCCCCCCCCCCC)Oc2ccccc2)O[C@@H](n2cnc3c(N)nc(F)nc32)C[C@@H]1O. The Morgan fingerprint density at radius 2 is 1.52 bits per heavy atom. The first-order valence-electron chi connectivity index (χ1n) is 22.1. The smallest absolute Gasteiger partial charge is 0.459 e. The Kier molecular flexibility index (Phi) is 19.5. The Morgan fingerprint density at radius 3 is 2.11 bits per heavy atom. The summed E-state index contributed by atoms with van der Waals surface area (Å²) in [4.78, 5) is 25.2. The van der Waals surface area contributed by atoms with E-state index in [9.17, 15) is 18.9 Å². The third-order valence-electron chi connectivity index (χ3n) is 11.1. The van der Waals surface area contributed by atoms with Crippen LogP contribution in [0.1, 0.15) is 134 Å². The number of nitrogens with two attached hydrogens (primary N) is 1. The van der Waals surface area contributed by atoms with E-state index in [1.165, 1.54) is 94.4 Å². The molecule has 15 heteroatoms. The van der Waals surface area contributed by atoms with E-state index in [0.29, 0.717) is 6.42 Å². The Balaban J connectivity index is 1.14. The molecule has 2 aromatic carbocycles. The van der Waals surface area contributed by atoms with Crippen molar-refractivity contribution in [2.45, 2.75) is 153 Å². The van der Waals surface area contributed by atoms with Crippen LogP contribution in [0.25, 0.3) is 11.2 Å². The van der Waals surface area contributed by atoms with Crippen molar-refractivity contribution in [3.8, 4) is 18.1 Å². The molecule has 13 nitrogen and oxygen atoms in total. The Hall–Kier alpha value is -4.38. The number of benzene rings is 2. The molecular formula is C46H64FN6O7P. The van der Waals surface area contributed by atoms with Crippen LogP contribution in [0.4, 0.5) is 10.2 Å². The molecule has 0 aliphatic carbocycles. The van der Waals surface area contributed by atoms with E-state index in [4.69, 9.17) is 30.7 Å². The van der Waals surface area contributed by atoms with E-state index in [1.807, 2.05) is 30.3 Å². The van der Waals surface area contributed by atoms with Gasteiger partial charge in [0.25, 0.3) is 0 Å². The van der Waals surface area contributed by atoms with E-state index in [0.717, 1.165) is 24.8 Å². The molecule has 0 saturated carbocycles. The first kappa shape index (κ1) is 47.7. The minimum absolute atomic E-state index is 0.0350. The highest BCUT2D eigenvalue weighted by molar-refractivity contribution is 7.52. The number of hydrogen-bond acceptors (Lipinski definition) is 11. The maximum Gasteiger partial charge on any atom is 0.459 e. The summed E-state index contributed by atoms with van der Waals surface area (Å²) in [6.07, 6.45) is 25.1. The molecule has 0 radical (unpaired) electrons. The molecule has 0 bridgehead atoms. The lowest BCUT2D eigenvalue weighted by atomic mass is 9.99. The topological polar surface area (TPSA) is 173 Å². The molecule has 3 heterocycles. The van der Waals surface area contributed by atoms with Crippen molar-refractivity contribution in [3.05, 3.63) is 78.6 Å². The fraction of sp³-hybridized carbons (Fsp3) is 0.565. The van der Waals surface area contributed by atoms with Gasteiger partial charge in [-0.25, -0.2) is 9.55 Å². The quantitative estimate of drug-likeness (QED) is 0.0155. The predicted octanol–water partition coefficient (Wildman–Crippen LogP) is 9.80. The number of unbranched alkanes of at least 4 members (excludes halogenated alkanes) is 16. The Labute approximate surface area is 360 Å². The third kappa shape index (κ3) is 14.9. The number of nitrogens with one attached hydrogen (secondary N) is 1. The van der Waals surface area contributed by atoms with Gasteiger partial charge in [0.15, 0.2) is 22.6 Å². The maximum absolute atomic E-state index is 14.8. The number of ether oxygens (including phenoxy) is 2. The van der Waals surface area contributed by atoms with Crippen LogP contribution in [-0.2, 0) is 29.8 Å². The molecule has 4 aromatic rings. The van der Waals surface area contributed by atoms with E-state index in [2.05, 4.69) is 32.9 Å². The summed E-state index contributed by atoms with van der Waals surface area (Å²) in [5, 5.41) is 14.1. The van der Waals surface area contributed by atoms with Crippen molar-refractivity contribution < 1.29 is 37.4 Å². The normalized spacial score (nSPS) is 19.0. The lowest BCUT2D eigenvalue weighted by Crippen LogP contribution is -2.44. The number of carbonyl (C=O) groups is 1. The van der Waals surface area contributed by atoms with Gasteiger partial charge in [-0.15, -0.1) is 6.42 Å². The van der Waals surface area contributed by atoms with Crippen LogP contribution in [0.5, 0.6) is 5.75 Å². The maximum atomic E-state index is 14.8. The third-order valence-corrected chi connectivity index (χ3v) is 12.6. The highest BCUT2D eigenvalue weighted by Gasteiger charge is 2.50. The van der Waals surface area contributed by atoms with Gasteiger partial charge in [0.05, 0.1) is 12.9 Å². The molecule has 0 unspecified atom stereocenters. The summed E-state index contributed by atoms with van der Waals surface area (Å²) in [5.74, 6) is 1.87. The van der Waals surface area contributed by atoms with Crippen LogP contribution < -0.4 is 15.3 Å². The van der Waals surface area contributed by atoms with Gasteiger partial charge in [-0.1, -0.05) is 164 Å². The van der Waals surface area contributed by atoms with Gasteiger partial charge in [0, 0.05) is 6.42 Å². The first-order chi connectivity index (χ1) is 29.6. The van der Waals surface area contributed by atoms with Crippen LogP contribution in [0.2, 0.25) is 0 Å². The van der Waals surface area contributed by atoms with Crippen LogP contribution in [-0.4, -0.2) is 61.6 Å². The van der Waals surface area contributed by atoms with Crippen molar-refractivity contribution in [1.82, 2.24) is 24.6 Å². The summed E-state index contributed by atoms with van der Waals surface area (Å²) in [5.41, 5.74) is 4.95. The molecule has 5 rings (SSSR count). The minimum atomic E-state index is -4.48. The van der Waals surface area contributed by atoms with Gasteiger partial charge in [0.2, 0.25) is 0 Å². The molecule has 2 aromatic heterocycles. The van der Waals surface area contributed by atoms with Crippen molar-refractivity contribution in [2.24, 2.45) is 0 Å². The average Bonchev–Trinajstić information content (AvgIpc) is 3.83. The number of nitrogens with zero attached hydrogens (tertiary/aromatic N) is 4. The Morgan fingerprint density at radius 1 is 0.951 bits per heavy atom. The second kappa shape index (κ2) is 24.9. The zero-order valence-corrected chi connectivity index (χ0v) is 36.5. The number of anilines is 1. The molecule has 1 fully saturated rings. The zero-order chi connectivity index (χ0) is 43.3. The van der Waals surface area contributed by atoms with Crippen molar-refractivity contribution in [2.75, 3.05) is 18.9 Å². The zero-order valence-electron chi connectivity index (χ0n) is 35.6. The number of carbonyl (C=O) groups excluding carboxylic acids is 1. The van der Waals surface area contributed by atoms with Crippen LogP contribution in [0.3, 0.4) is 0 Å². The number of hydrogen-bond donors (Lipinski definition) is 3. The summed E-state index contributed by atoms with van der Waals surface area (Å²) in [7, 11) is -4.48. The van der Waals surface area contributed by atoms with Crippen LogP contribution in [0.15, 0.2) is 67.0 Å². The number of aliphatic hydroxyl groups excluding tert-OH is 1. The second-order valence-corrected chi connectivity index (χ2v) is 17.6. The number of aromatic nitrogens is 4. The highest BCUT2D eigenvalue weighted by atomic mass is 31.2. The van der Waals surface area contributed by atoms with Gasteiger partial charge in [0.1, 0.15) is 30.7 Å². The number of esters is 1. The highest BCUT2D eigenvalue weighted by Crippen LogP contribution is 2.48. The fourth-order valence-electron chi connectivity index (χ4n) is 7.56. The molecule has 61 heavy (non-hydrogen) atoms. The van der Waals surface area contributed by atoms with Crippen molar-refractivity contribution >= 4 is 30.7 Å². The van der Waals surface area contributed by atoms with Gasteiger partial charge < -0.3 is 24.8 Å². The molecular weight excluding hydrogens is 799 g/mol. The summed E-state index contributed by atoms with van der Waals surface area (Å²) in [6.45, 7) is 1.85. The van der Waals surface area contributed by atoms with E-state index >= 15 is 0 Å². The number of rotatable bonds is 29.